The molecule has 1 aliphatic rings. The fourth-order valence-electron chi connectivity index (χ4n) is 2.91. The Morgan fingerprint density at radius 2 is 2.00 bits per heavy atom. The summed E-state index contributed by atoms with van der Waals surface area (Å²) in [4.78, 5) is 12.7. The highest BCUT2D eigenvalue weighted by molar-refractivity contribution is 5.92. The molecule has 1 saturated heterocycles. The van der Waals surface area contributed by atoms with E-state index in [1.807, 2.05) is 29.8 Å². The number of rotatable bonds is 4. The summed E-state index contributed by atoms with van der Waals surface area (Å²) in [5.74, 6) is 1.19. The molecule has 0 bridgehead atoms. The van der Waals surface area contributed by atoms with Crippen molar-refractivity contribution in [3.8, 4) is 5.69 Å². The largest absolute Gasteiger partial charge is 0.316 e. The van der Waals surface area contributed by atoms with Crippen molar-refractivity contribution in [3.63, 3.8) is 0 Å². The summed E-state index contributed by atoms with van der Waals surface area (Å²) in [7, 11) is 0. The molecule has 142 valence electrons. The van der Waals surface area contributed by atoms with Gasteiger partial charge in [-0.15, -0.1) is 12.4 Å². The average molecular weight is 377 g/mol. The van der Waals surface area contributed by atoms with E-state index in [4.69, 9.17) is 5.10 Å². The Morgan fingerprint density at radius 3 is 2.54 bits per heavy atom. The van der Waals surface area contributed by atoms with Gasteiger partial charge >= 0.3 is 0 Å². The molecule has 1 fully saturated rings. The van der Waals surface area contributed by atoms with Crippen LogP contribution in [0.5, 0.6) is 0 Å². The highest BCUT2D eigenvalue weighted by atomic mass is 35.5. The molecule has 0 aliphatic carbocycles. The van der Waals surface area contributed by atoms with Crippen LogP contribution in [-0.2, 0) is 10.2 Å². The summed E-state index contributed by atoms with van der Waals surface area (Å²) in [6.07, 6.45) is 0. The fourth-order valence-corrected chi connectivity index (χ4v) is 2.91. The number of benzene rings is 1. The first kappa shape index (κ1) is 20.5. The molecule has 0 radical (unpaired) electrons. The van der Waals surface area contributed by atoms with E-state index < -0.39 is 0 Å². The van der Waals surface area contributed by atoms with E-state index >= 15 is 0 Å². The third kappa shape index (κ3) is 4.27. The quantitative estimate of drug-likeness (QED) is 0.855. The van der Waals surface area contributed by atoms with Gasteiger partial charge in [-0.05, 0) is 43.6 Å². The van der Waals surface area contributed by atoms with Gasteiger partial charge in [0.05, 0.1) is 11.4 Å². The van der Waals surface area contributed by atoms with Crippen LogP contribution in [0.1, 0.15) is 39.0 Å². The lowest BCUT2D eigenvalue weighted by molar-refractivity contribution is -0.121. The molecule has 2 aromatic rings. The Hall–Kier alpha value is -1.85. The van der Waals surface area contributed by atoms with E-state index in [9.17, 15) is 4.79 Å². The number of anilines is 1. The van der Waals surface area contributed by atoms with Crippen molar-refractivity contribution < 1.29 is 4.79 Å². The molecule has 1 aliphatic heterocycles. The van der Waals surface area contributed by atoms with Crippen LogP contribution in [-0.4, -0.2) is 28.8 Å². The monoisotopic (exact) mass is 376 g/mol. The Kier molecular flexibility index (Phi) is 6.14. The van der Waals surface area contributed by atoms with Crippen LogP contribution in [0.2, 0.25) is 0 Å². The summed E-state index contributed by atoms with van der Waals surface area (Å²) in [5.41, 5.74) is 3.00. The minimum Gasteiger partial charge on any atom is -0.316 e. The number of aromatic nitrogens is 2. The van der Waals surface area contributed by atoms with E-state index in [1.165, 1.54) is 0 Å². The molecule has 1 unspecified atom stereocenters. The van der Waals surface area contributed by atoms with Crippen molar-refractivity contribution in [1.29, 1.82) is 0 Å². The normalized spacial score (nSPS) is 15.7. The zero-order chi connectivity index (χ0) is 18.2. The molecule has 26 heavy (non-hydrogen) atoms. The van der Waals surface area contributed by atoms with Crippen LogP contribution < -0.4 is 10.6 Å². The molecule has 2 N–H and O–H groups in total. The van der Waals surface area contributed by atoms with Gasteiger partial charge in [-0.2, -0.15) is 5.10 Å². The Morgan fingerprint density at radius 1 is 1.31 bits per heavy atom. The molecule has 1 atom stereocenters. The van der Waals surface area contributed by atoms with Gasteiger partial charge in [0.25, 0.3) is 0 Å². The number of hydrogen-bond acceptors (Lipinski definition) is 3. The molecule has 3 rings (SSSR count). The lowest BCUT2D eigenvalue weighted by Crippen LogP contribution is -2.48. The van der Waals surface area contributed by atoms with Gasteiger partial charge in [0.1, 0.15) is 5.82 Å². The zero-order valence-electron chi connectivity index (χ0n) is 16.2. The molecule has 5 nitrogen and oxygen atoms in total. The summed E-state index contributed by atoms with van der Waals surface area (Å²) in [5, 5.41) is 11.1. The maximum atomic E-state index is 12.7. The van der Waals surface area contributed by atoms with Crippen LogP contribution in [0.3, 0.4) is 0 Å². The van der Waals surface area contributed by atoms with Crippen LogP contribution >= 0.6 is 12.4 Å². The van der Waals surface area contributed by atoms with Gasteiger partial charge in [-0.3, -0.25) is 4.79 Å². The SMILES string of the molecule is Cc1cccc(-n2nc(C(C)(C)C)cc2NC(=O)C(C)C2CNC2)c1.Cl. The van der Waals surface area contributed by atoms with Gasteiger partial charge in [-0.25, -0.2) is 4.68 Å². The molecule has 1 amide bonds. The van der Waals surface area contributed by atoms with Gasteiger partial charge < -0.3 is 10.6 Å². The maximum absolute atomic E-state index is 12.7. The van der Waals surface area contributed by atoms with Gasteiger partial charge in [-0.1, -0.05) is 39.8 Å². The maximum Gasteiger partial charge on any atom is 0.228 e. The Labute approximate surface area is 162 Å². The average Bonchev–Trinajstić information content (AvgIpc) is 2.89. The summed E-state index contributed by atoms with van der Waals surface area (Å²) in [6, 6.07) is 10.2. The molecule has 1 aromatic heterocycles. The molecular formula is C20H29ClN4O. The van der Waals surface area contributed by atoms with Crippen molar-refractivity contribution >= 4 is 24.1 Å². The summed E-state index contributed by atoms with van der Waals surface area (Å²) in [6.45, 7) is 12.3. The predicted octanol–water partition coefficient (Wildman–Crippen LogP) is 3.69. The van der Waals surface area contributed by atoms with Gasteiger partial charge in [0.2, 0.25) is 5.91 Å². The van der Waals surface area contributed by atoms with E-state index in [2.05, 4.69) is 50.5 Å². The third-order valence-corrected chi connectivity index (χ3v) is 4.91. The first-order valence-corrected chi connectivity index (χ1v) is 8.95. The van der Waals surface area contributed by atoms with Crippen molar-refractivity contribution in [2.45, 2.75) is 40.0 Å². The number of carbonyl (C=O) groups is 1. The summed E-state index contributed by atoms with van der Waals surface area (Å²) >= 11 is 0. The van der Waals surface area contributed by atoms with Crippen molar-refractivity contribution in [2.24, 2.45) is 11.8 Å². The van der Waals surface area contributed by atoms with Gasteiger partial charge in [0.15, 0.2) is 0 Å². The van der Waals surface area contributed by atoms with Crippen molar-refractivity contribution in [2.75, 3.05) is 18.4 Å². The second-order valence-electron chi connectivity index (χ2n) is 8.11. The second-order valence-corrected chi connectivity index (χ2v) is 8.11. The highest BCUT2D eigenvalue weighted by Crippen LogP contribution is 2.27. The minimum atomic E-state index is -0.0853. The fraction of sp³-hybridized carbons (Fsp3) is 0.500. The van der Waals surface area contributed by atoms with Crippen molar-refractivity contribution in [1.82, 2.24) is 15.1 Å². The lowest BCUT2D eigenvalue weighted by atomic mass is 9.88. The number of carbonyl (C=O) groups excluding carboxylic acids is 1. The predicted molar refractivity (Wildman–Crippen MR) is 108 cm³/mol. The number of amides is 1. The van der Waals surface area contributed by atoms with E-state index in [-0.39, 0.29) is 29.6 Å². The van der Waals surface area contributed by atoms with Gasteiger partial charge in [0, 0.05) is 17.4 Å². The number of nitrogens with zero attached hydrogens (tertiary/aromatic N) is 2. The molecule has 2 heterocycles. The van der Waals surface area contributed by atoms with E-state index in [0.29, 0.717) is 5.92 Å². The second kappa shape index (κ2) is 7.80. The van der Waals surface area contributed by atoms with Crippen LogP contribution in [0.4, 0.5) is 5.82 Å². The van der Waals surface area contributed by atoms with Crippen LogP contribution in [0.15, 0.2) is 30.3 Å². The van der Waals surface area contributed by atoms with Crippen LogP contribution in [0.25, 0.3) is 5.69 Å². The van der Waals surface area contributed by atoms with E-state index in [1.54, 1.807) is 0 Å². The van der Waals surface area contributed by atoms with Crippen molar-refractivity contribution in [3.05, 3.63) is 41.6 Å². The molecule has 0 saturated carbocycles. The topological polar surface area (TPSA) is 59.0 Å². The smallest absolute Gasteiger partial charge is 0.228 e. The number of hydrogen-bond donors (Lipinski definition) is 2. The molecular weight excluding hydrogens is 348 g/mol. The first-order valence-electron chi connectivity index (χ1n) is 8.95. The number of halogens is 1. The Bertz CT molecular complexity index is 774. The number of aryl methyl sites for hydroxylation is 1. The number of nitrogens with one attached hydrogen (secondary N) is 2. The molecule has 0 spiro atoms. The highest BCUT2D eigenvalue weighted by Gasteiger charge is 2.30. The van der Waals surface area contributed by atoms with Crippen LogP contribution in [0, 0.1) is 18.8 Å². The molecule has 6 heteroatoms. The summed E-state index contributed by atoms with van der Waals surface area (Å²) < 4.78 is 1.84. The minimum absolute atomic E-state index is 0. The van der Waals surface area contributed by atoms with E-state index in [0.717, 1.165) is 35.9 Å². The molecule has 1 aromatic carbocycles. The Balaban J connectivity index is 0.00000243. The zero-order valence-corrected chi connectivity index (χ0v) is 17.0. The lowest BCUT2D eigenvalue weighted by Gasteiger charge is -2.31. The first-order chi connectivity index (χ1) is 11.8. The third-order valence-electron chi connectivity index (χ3n) is 4.91. The standard InChI is InChI=1S/C20H28N4O.ClH/c1-13-7-6-8-16(9-13)24-18(10-17(23-24)20(3,4)5)22-19(25)14(2)15-11-21-12-15;/h6-10,14-15,21H,11-12H2,1-5H3,(H,22,25);1H.